The molecule has 1 aromatic carbocycles. The Bertz CT molecular complexity index is 884. The number of hydrogen-bond acceptors (Lipinski definition) is 6. The summed E-state index contributed by atoms with van der Waals surface area (Å²) in [7, 11) is 0. The molecule has 2 aromatic heterocycles. The van der Waals surface area contributed by atoms with E-state index in [0.29, 0.717) is 11.6 Å². The van der Waals surface area contributed by atoms with Gasteiger partial charge in [0.15, 0.2) is 11.6 Å². The number of halogens is 2. The summed E-state index contributed by atoms with van der Waals surface area (Å²) in [5.41, 5.74) is 6.93. The minimum atomic E-state index is -0.621. The van der Waals surface area contributed by atoms with Gasteiger partial charge in [0.2, 0.25) is 0 Å². The number of rotatable bonds is 4. The fraction of sp³-hybridized carbons (Fsp3) is 0.0625. The van der Waals surface area contributed by atoms with Gasteiger partial charge in [-0.3, -0.25) is 0 Å². The van der Waals surface area contributed by atoms with E-state index in [1.165, 1.54) is 6.33 Å². The van der Waals surface area contributed by atoms with Crippen molar-refractivity contribution in [3.63, 3.8) is 0 Å². The molecular weight excluding hydrogens is 314 g/mol. The Morgan fingerprint density at radius 1 is 1.00 bits per heavy atom. The highest BCUT2D eigenvalue weighted by Gasteiger charge is 2.12. The van der Waals surface area contributed by atoms with Gasteiger partial charge in [0.05, 0.1) is 5.69 Å². The number of pyridine rings is 1. The average Bonchev–Trinajstić information content (AvgIpc) is 2.55. The third-order valence-corrected chi connectivity index (χ3v) is 3.20. The first-order chi connectivity index (χ1) is 11.5. The van der Waals surface area contributed by atoms with Crippen LogP contribution >= 0.6 is 0 Å². The Kier molecular flexibility index (Phi) is 4.19. The van der Waals surface area contributed by atoms with Crippen LogP contribution in [-0.2, 0) is 0 Å². The molecule has 0 aliphatic carbocycles. The molecule has 0 bridgehead atoms. The number of aromatic nitrogens is 3. The molecule has 2 heterocycles. The Balaban J connectivity index is 1.89. The maximum absolute atomic E-state index is 13.7. The second kappa shape index (κ2) is 6.45. The molecule has 0 radical (unpaired) electrons. The first kappa shape index (κ1) is 15.6. The van der Waals surface area contributed by atoms with Crippen LogP contribution in [0.1, 0.15) is 5.69 Å². The summed E-state index contributed by atoms with van der Waals surface area (Å²) in [4.78, 5) is 12.3. The van der Waals surface area contributed by atoms with E-state index < -0.39 is 11.6 Å². The van der Waals surface area contributed by atoms with Crippen LogP contribution < -0.4 is 16.4 Å². The van der Waals surface area contributed by atoms with Gasteiger partial charge in [-0.2, -0.15) is 0 Å². The van der Waals surface area contributed by atoms with E-state index in [1.54, 1.807) is 6.07 Å². The fourth-order valence-electron chi connectivity index (χ4n) is 2.05. The molecule has 6 nitrogen and oxygen atoms in total. The molecule has 0 amide bonds. The number of nitrogens with zero attached hydrogens (tertiary/aromatic N) is 3. The van der Waals surface area contributed by atoms with Crippen LogP contribution in [0.25, 0.3) is 0 Å². The number of benzene rings is 1. The Morgan fingerprint density at radius 3 is 2.50 bits per heavy atom. The minimum absolute atomic E-state index is 0.0694. The van der Waals surface area contributed by atoms with Gasteiger partial charge >= 0.3 is 0 Å². The lowest BCUT2D eigenvalue weighted by molar-refractivity contribution is 0.603. The molecular formula is C16H14F2N6. The number of nitrogens with two attached hydrogens (primary N) is 1. The molecule has 0 saturated carbocycles. The molecule has 0 unspecified atom stereocenters. The summed E-state index contributed by atoms with van der Waals surface area (Å²) >= 11 is 0. The highest BCUT2D eigenvalue weighted by atomic mass is 19.1. The van der Waals surface area contributed by atoms with Gasteiger partial charge in [-0.05, 0) is 31.2 Å². The zero-order valence-electron chi connectivity index (χ0n) is 12.7. The Labute approximate surface area is 136 Å². The molecule has 0 atom stereocenters. The third-order valence-electron chi connectivity index (χ3n) is 3.20. The molecule has 3 rings (SSSR count). The summed E-state index contributed by atoms with van der Waals surface area (Å²) in [6.45, 7) is 1.86. The van der Waals surface area contributed by atoms with Crippen molar-refractivity contribution in [3.8, 4) is 0 Å². The van der Waals surface area contributed by atoms with Crippen molar-refractivity contribution in [3.05, 3.63) is 60.1 Å². The van der Waals surface area contributed by atoms with Crippen LogP contribution in [0.2, 0.25) is 0 Å². The minimum Gasteiger partial charge on any atom is -0.393 e. The topological polar surface area (TPSA) is 88.8 Å². The zero-order chi connectivity index (χ0) is 17.1. The predicted octanol–water partition coefficient (Wildman–Crippen LogP) is 3.53. The van der Waals surface area contributed by atoms with E-state index in [9.17, 15) is 8.78 Å². The van der Waals surface area contributed by atoms with Crippen LogP contribution in [0, 0.1) is 18.6 Å². The second-order valence-corrected chi connectivity index (χ2v) is 5.02. The molecule has 0 saturated heterocycles. The molecule has 24 heavy (non-hydrogen) atoms. The van der Waals surface area contributed by atoms with Crippen LogP contribution in [0.15, 0.2) is 42.7 Å². The van der Waals surface area contributed by atoms with Gasteiger partial charge in [0.1, 0.15) is 29.5 Å². The summed E-state index contributed by atoms with van der Waals surface area (Å²) in [6, 6.07) is 8.52. The van der Waals surface area contributed by atoms with Gasteiger partial charge in [-0.25, -0.2) is 23.7 Å². The number of hydrogen-bond donors (Lipinski definition) is 3. The maximum atomic E-state index is 13.7. The number of anilines is 5. The van der Waals surface area contributed by atoms with Crippen LogP contribution in [0.5, 0.6) is 0 Å². The van der Waals surface area contributed by atoms with Gasteiger partial charge in [-0.1, -0.05) is 6.07 Å². The number of nitrogen functional groups attached to an aromatic ring is 1. The molecule has 8 heteroatoms. The smallest absolute Gasteiger partial charge is 0.160 e. The molecule has 122 valence electrons. The van der Waals surface area contributed by atoms with E-state index >= 15 is 0 Å². The van der Waals surface area contributed by atoms with Crippen molar-refractivity contribution in [2.24, 2.45) is 0 Å². The van der Waals surface area contributed by atoms with E-state index in [2.05, 4.69) is 25.6 Å². The van der Waals surface area contributed by atoms with Crippen molar-refractivity contribution in [2.75, 3.05) is 16.4 Å². The van der Waals surface area contributed by atoms with Crippen molar-refractivity contribution in [2.45, 2.75) is 6.92 Å². The van der Waals surface area contributed by atoms with Gasteiger partial charge in [0, 0.05) is 11.8 Å². The first-order valence-electron chi connectivity index (χ1n) is 7.06. The summed E-state index contributed by atoms with van der Waals surface area (Å²) < 4.78 is 27.0. The summed E-state index contributed by atoms with van der Waals surface area (Å²) in [5, 5.41) is 5.64. The second-order valence-electron chi connectivity index (χ2n) is 5.02. The lowest BCUT2D eigenvalue weighted by Crippen LogP contribution is -2.06. The monoisotopic (exact) mass is 328 g/mol. The molecule has 4 N–H and O–H groups in total. The van der Waals surface area contributed by atoms with Crippen LogP contribution in [0.4, 0.5) is 37.6 Å². The fourth-order valence-corrected chi connectivity index (χ4v) is 2.05. The van der Waals surface area contributed by atoms with Crippen molar-refractivity contribution in [1.29, 1.82) is 0 Å². The number of nitrogens with one attached hydrogen (secondary N) is 2. The average molecular weight is 328 g/mol. The van der Waals surface area contributed by atoms with Crippen molar-refractivity contribution in [1.82, 2.24) is 15.0 Å². The van der Waals surface area contributed by atoms with Gasteiger partial charge in [0.25, 0.3) is 0 Å². The highest BCUT2D eigenvalue weighted by molar-refractivity contribution is 5.79. The normalized spacial score (nSPS) is 10.5. The quantitative estimate of drug-likeness (QED) is 0.679. The Morgan fingerprint density at radius 2 is 1.75 bits per heavy atom. The van der Waals surface area contributed by atoms with E-state index in [0.717, 1.165) is 23.9 Å². The third kappa shape index (κ3) is 3.37. The van der Waals surface area contributed by atoms with Gasteiger partial charge in [-0.15, -0.1) is 0 Å². The lowest BCUT2D eigenvalue weighted by Gasteiger charge is -2.13. The SMILES string of the molecule is Cc1cccc(Nc2ncnc(Nc3cc(F)ccc3F)c2N)n1. The largest absolute Gasteiger partial charge is 0.393 e. The van der Waals surface area contributed by atoms with Crippen molar-refractivity contribution < 1.29 is 8.78 Å². The summed E-state index contributed by atoms with van der Waals surface area (Å²) in [5.74, 6) is -0.173. The molecule has 0 fully saturated rings. The molecule has 0 aliphatic heterocycles. The Hall–Kier alpha value is -3.29. The van der Waals surface area contributed by atoms with E-state index in [-0.39, 0.29) is 17.2 Å². The van der Waals surface area contributed by atoms with Crippen LogP contribution in [-0.4, -0.2) is 15.0 Å². The van der Waals surface area contributed by atoms with Gasteiger partial charge < -0.3 is 16.4 Å². The number of aryl methyl sites for hydroxylation is 1. The van der Waals surface area contributed by atoms with Crippen molar-refractivity contribution >= 4 is 28.8 Å². The first-order valence-corrected chi connectivity index (χ1v) is 7.06. The molecule has 0 spiro atoms. The maximum Gasteiger partial charge on any atom is 0.160 e. The van der Waals surface area contributed by atoms with E-state index in [4.69, 9.17) is 5.73 Å². The summed E-state index contributed by atoms with van der Waals surface area (Å²) in [6.07, 6.45) is 1.26. The molecule has 0 aliphatic rings. The lowest BCUT2D eigenvalue weighted by atomic mass is 10.3. The van der Waals surface area contributed by atoms with Crippen LogP contribution in [0.3, 0.4) is 0 Å². The zero-order valence-corrected chi connectivity index (χ0v) is 12.7. The van der Waals surface area contributed by atoms with E-state index in [1.807, 2.05) is 19.1 Å². The standard InChI is InChI=1S/C16H14F2N6/c1-9-3-2-4-13(22-9)24-16-14(19)15(20-8-21-16)23-12-7-10(17)5-6-11(12)18/h2-8H,19H2,1H3,(H2,20,21,22,23,24). The predicted molar refractivity (Wildman–Crippen MR) is 88.3 cm³/mol. The molecule has 3 aromatic rings. The highest BCUT2D eigenvalue weighted by Crippen LogP contribution is 2.28.